The van der Waals surface area contributed by atoms with E-state index in [4.69, 9.17) is 4.74 Å². The number of carboxylic acid groups (broad SMARTS) is 1. The molecule has 5 nitrogen and oxygen atoms in total. The lowest BCUT2D eigenvalue weighted by Crippen LogP contribution is -1.99. The van der Waals surface area contributed by atoms with E-state index in [9.17, 15) is 14.3 Å². The molecule has 1 heterocycles. The van der Waals surface area contributed by atoms with Gasteiger partial charge in [-0.1, -0.05) is 36.4 Å². The summed E-state index contributed by atoms with van der Waals surface area (Å²) in [7, 11) is 0. The summed E-state index contributed by atoms with van der Waals surface area (Å²) in [6, 6.07) is 19.1. The van der Waals surface area contributed by atoms with Crippen LogP contribution in [0.15, 0.2) is 81.3 Å². The van der Waals surface area contributed by atoms with Gasteiger partial charge < -0.3 is 14.8 Å². The zero-order chi connectivity index (χ0) is 21.8. The molecule has 8 heteroatoms. The number of imidazole rings is 1. The van der Waals surface area contributed by atoms with E-state index >= 15 is 0 Å². The van der Waals surface area contributed by atoms with Crippen molar-refractivity contribution < 1.29 is 19.0 Å². The summed E-state index contributed by atoms with van der Waals surface area (Å²) in [5, 5.41) is 10.1. The number of H-pyrrole nitrogens is 1. The summed E-state index contributed by atoms with van der Waals surface area (Å²) in [6.45, 7) is 0.0861. The molecule has 0 aliphatic heterocycles. The first kappa shape index (κ1) is 21.1. The van der Waals surface area contributed by atoms with Gasteiger partial charge in [-0.15, -0.1) is 0 Å². The number of ether oxygens (including phenoxy) is 1. The monoisotopic (exact) mass is 498 g/mol. The maximum absolute atomic E-state index is 13.8. The van der Waals surface area contributed by atoms with Crippen LogP contribution < -0.4 is 4.74 Å². The highest BCUT2D eigenvalue weighted by molar-refractivity contribution is 9.10. The summed E-state index contributed by atoms with van der Waals surface area (Å²) in [5.41, 5.74) is 2.74. The molecule has 0 bridgehead atoms. The first-order valence-corrected chi connectivity index (χ1v) is 10.8. The number of halogens is 2. The summed E-state index contributed by atoms with van der Waals surface area (Å²) in [5.74, 6) is -0.851. The number of hydrogen-bond donors (Lipinski definition) is 2. The van der Waals surface area contributed by atoms with Crippen molar-refractivity contribution in [2.24, 2.45) is 0 Å². The first-order valence-electron chi connectivity index (χ1n) is 9.23. The Morgan fingerprint density at radius 3 is 2.68 bits per heavy atom. The van der Waals surface area contributed by atoms with Crippen molar-refractivity contribution in [3.05, 3.63) is 93.1 Å². The maximum Gasteiger partial charge on any atom is 0.342 e. The second-order valence-electron chi connectivity index (χ2n) is 6.54. The molecule has 0 radical (unpaired) electrons. The fourth-order valence-electron chi connectivity index (χ4n) is 2.86. The number of nitrogens with zero attached hydrogens (tertiary/aromatic N) is 1. The lowest BCUT2D eigenvalue weighted by atomic mass is 10.2. The van der Waals surface area contributed by atoms with E-state index in [2.05, 4.69) is 25.9 Å². The molecular weight excluding hydrogens is 483 g/mol. The minimum Gasteiger partial charge on any atom is -0.488 e. The number of rotatable bonds is 7. The van der Waals surface area contributed by atoms with Crippen LogP contribution in [0, 0.1) is 5.82 Å². The number of carboxylic acids is 1. The fraction of sp³-hybridized carbons (Fsp3) is 0.0435. The number of benzene rings is 3. The van der Waals surface area contributed by atoms with Gasteiger partial charge in [-0.3, -0.25) is 0 Å². The van der Waals surface area contributed by atoms with Crippen LogP contribution in [0.5, 0.6) is 5.75 Å². The van der Waals surface area contributed by atoms with Crippen LogP contribution >= 0.6 is 27.7 Å². The number of fused-ring (bicyclic) bond motifs is 1. The van der Waals surface area contributed by atoms with Crippen molar-refractivity contribution in [2.75, 3.05) is 0 Å². The molecule has 4 aromatic rings. The Hall–Kier alpha value is -3.10. The third kappa shape index (κ3) is 5.15. The third-order valence-corrected chi connectivity index (χ3v) is 5.90. The molecule has 0 spiro atoms. The number of para-hydroxylation sites is 2. The van der Waals surface area contributed by atoms with Gasteiger partial charge in [0.2, 0.25) is 0 Å². The molecule has 0 unspecified atom stereocenters. The predicted molar refractivity (Wildman–Crippen MR) is 122 cm³/mol. The van der Waals surface area contributed by atoms with Crippen molar-refractivity contribution in [3.8, 4) is 5.75 Å². The Morgan fingerprint density at radius 1 is 1.16 bits per heavy atom. The van der Waals surface area contributed by atoms with Gasteiger partial charge in [0.25, 0.3) is 0 Å². The zero-order valence-corrected chi connectivity index (χ0v) is 18.4. The summed E-state index contributed by atoms with van der Waals surface area (Å²) < 4.78 is 20.1. The number of nitrogens with one attached hydrogen (secondary N) is 1. The molecule has 4 rings (SSSR count). The third-order valence-electron chi connectivity index (χ3n) is 4.38. The molecule has 0 aliphatic carbocycles. The van der Waals surface area contributed by atoms with Gasteiger partial charge in [0, 0.05) is 5.56 Å². The molecule has 0 amide bonds. The smallest absolute Gasteiger partial charge is 0.342 e. The average molecular weight is 499 g/mol. The molecule has 3 aromatic carbocycles. The summed E-state index contributed by atoms with van der Waals surface area (Å²) >= 11 is 4.48. The molecule has 31 heavy (non-hydrogen) atoms. The molecule has 0 fully saturated rings. The van der Waals surface area contributed by atoms with E-state index in [1.807, 2.05) is 24.3 Å². The molecule has 156 valence electrons. The lowest BCUT2D eigenvalue weighted by Gasteiger charge is -2.10. The number of aromatic nitrogens is 2. The predicted octanol–water partition coefficient (Wildman–Crippen LogP) is 6.26. The summed E-state index contributed by atoms with van der Waals surface area (Å²) in [6.07, 6.45) is 1.56. The van der Waals surface area contributed by atoms with E-state index in [0.717, 1.165) is 22.8 Å². The normalized spacial score (nSPS) is 11.6. The van der Waals surface area contributed by atoms with E-state index in [-0.39, 0.29) is 17.3 Å². The number of aromatic amines is 1. The topological polar surface area (TPSA) is 75.2 Å². The molecule has 1 aromatic heterocycles. The Morgan fingerprint density at radius 2 is 1.94 bits per heavy atom. The maximum atomic E-state index is 13.8. The van der Waals surface area contributed by atoms with Gasteiger partial charge in [-0.05, 0) is 69.7 Å². The molecule has 0 saturated heterocycles. The van der Waals surface area contributed by atoms with Gasteiger partial charge in [0.05, 0.1) is 15.5 Å². The highest BCUT2D eigenvalue weighted by Gasteiger charge is 2.14. The number of hydrogen-bond acceptors (Lipinski definition) is 4. The number of thioether (sulfide) groups is 1. The van der Waals surface area contributed by atoms with Gasteiger partial charge >= 0.3 is 5.97 Å². The van der Waals surface area contributed by atoms with Crippen molar-refractivity contribution >= 4 is 50.8 Å². The van der Waals surface area contributed by atoms with Crippen LogP contribution in [0.2, 0.25) is 0 Å². The van der Waals surface area contributed by atoms with E-state index in [1.54, 1.807) is 42.5 Å². The van der Waals surface area contributed by atoms with Gasteiger partial charge in [-0.25, -0.2) is 14.2 Å². The second-order valence-corrected chi connectivity index (χ2v) is 8.43. The number of aliphatic carboxylic acids is 1. The van der Waals surface area contributed by atoms with Crippen LogP contribution in [0.4, 0.5) is 4.39 Å². The minimum absolute atomic E-state index is 0.0861. The van der Waals surface area contributed by atoms with E-state index in [1.165, 1.54) is 6.07 Å². The van der Waals surface area contributed by atoms with Crippen LogP contribution in [-0.2, 0) is 11.4 Å². The van der Waals surface area contributed by atoms with Crippen LogP contribution in [0.1, 0.15) is 11.1 Å². The van der Waals surface area contributed by atoms with Crippen molar-refractivity contribution in [1.29, 1.82) is 0 Å². The SMILES string of the molecule is O=C(O)/C(=C/c1ccc(OCc2ccccc2F)c(Br)c1)Sc1nc2ccccc2[nH]1. The minimum atomic E-state index is -1.05. The average Bonchev–Trinajstić information content (AvgIpc) is 3.16. The van der Waals surface area contributed by atoms with Crippen LogP contribution in [0.25, 0.3) is 17.1 Å². The Kier molecular flexibility index (Phi) is 6.39. The first-order chi connectivity index (χ1) is 15.0. The lowest BCUT2D eigenvalue weighted by molar-refractivity contribution is -0.131. The van der Waals surface area contributed by atoms with Crippen molar-refractivity contribution in [3.63, 3.8) is 0 Å². The van der Waals surface area contributed by atoms with Crippen LogP contribution in [-0.4, -0.2) is 21.0 Å². The fourth-order valence-corrected chi connectivity index (χ4v) is 4.17. The zero-order valence-electron chi connectivity index (χ0n) is 16.0. The Bertz CT molecular complexity index is 1260. The Balaban J connectivity index is 1.52. The molecule has 0 saturated carbocycles. The highest BCUT2D eigenvalue weighted by atomic mass is 79.9. The van der Waals surface area contributed by atoms with Gasteiger partial charge in [0.1, 0.15) is 23.1 Å². The van der Waals surface area contributed by atoms with Crippen LogP contribution in [0.3, 0.4) is 0 Å². The molecular formula is C23H16BrFN2O3S. The summed E-state index contributed by atoms with van der Waals surface area (Å²) in [4.78, 5) is 19.4. The van der Waals surface area contributed by atoms with Crippen molar-refractivity contribution in [2.45, 2.75) is 11.8 Å². The standard InChI is InChI=1S/C23H16BrFN2O3S/c24-16-11-14(9-10-20(16)30-13-15-5-1-2-6-17(15)25)12-21(22(28)29)31-23-26-18-7-3-4-8-19(18)27-23/h1-12H,13H2,(H,26,27)(H,28,29)/b21-12-. The van der Waals surface area contributed by atoms with Gasteiger partial charge in [-0.2, -0.15) is 0 Å². The Labute approximate surface area is 190 Å². The second kappa shape index (κ2) is 9.36. The van der Waals surface area contributed by atoms with Crippen molar-refractivity contribution in [1.82, 2.24) is 9.97 Å². The largest absolute Gasteiger partial charge is 0.488 e. The van der Waals surface area contributed by atoms with E-state index in [0.29, 0.717) is 26.5 Å². The number of carbonyl (C=O) groups is 1. The molecule has 0 atom stereocenters. The highest BCUT2D eigenvalue weighted by Crippen LogP contribution is 2.31. The quantitative estimate of drug-likeness (QED) is 0.232. The van der Waals surface area contributed by atoms with E-state index < -0.39 is 5.97 Å². The molecule has 0 aliphatic rings. The molecule has 2 N–H and O–H groups in total. The van der Waals surface area contributed by atoms with Gasteiger partial charge in [0.15, 0.2) is 5.16 Å².